The first-order valence-corrected chi connectivity index (χ1v) is 10.6. The van der Waals surface area contributed by atoms with Crippen LogP contribution in [0.1, 0.15) is 37.4 Å². The molecule has 0 atom stereocenters. The zero-order valence-corrected chi connectivity index (χ0v) is 17.1. The third kappa shape index (κ3) is 3.15. The average molecular weight is 443 g/mol. The van der Waals surface area contributed by atoms with Gasteiger partial charge in [0.25, 0.3) is 10.1 Å². The molecule has 0 aliphatic heterocycles. The molecule has 0 saturated carbocycles. The summed E-state index contributed by atoms with van der Waals surface area (Å²) in [6.45, 7) is 1.78. The Bertz CT molecular complexity index is 1370. The number of carbonyl (C=O) groups excluding carboxylic acids is 2. The molecular formula is C21H15ClN2O5S. The van der Waals surface area contributed by atoms with Crippen LogP contribution < -0.4 is 11.1 Å². The number of benzene rings is 3. The van der Waals surface area contributed by atoms with Gasteiger partial charge in [-0.3, -0.25) is 14.1 Å². The number of nitrogens with one attached hydrogen (secondary N) is 1. The van der Waals surface area contributed by atoms with Crippen LogP contribution in [0.2, 0.25) is 5.02 Å². The molecule has 0 fully saturated rings. The van der Waals surface area contributed by atoms with Gasteiger partial charge in [0, 0.05) is 21.8 Å². The molecule has 0 spiro atoms. The van der Waals surface area contributed by atoms with Gasteiger partial charge >= 0.3 is 0 Å². The Morgan fingerprint density at radius 3 is 2.13 bits per heavy atom. The maximum Gasteiger partial charge on any atom is 0.296 e. The van der Waals surface area contributed by atoms with Gasteiger partial charge in [-0.1, -0.05) is 35.9 Å². The van der Waals surface area contributed by atoms with E-state index in [1.807, 2.05) is 0 Å². The van der Waals surface area contributed by atoms with Gasteiger partial charge in [0.2, 0.25) is 0 Å². The van der Waals surface area contributed by atoms with E-state index >= 15 is 0 Å². The van der Waals surface area contributed by atoms with Gasteiger partial charge in [0.15, 0.2) is 11.6 Å². The minimum absolute atomic E-state index is 0.0291. The van der Waals surface area contributed by atoms with Crippen molar-refractivity contribution in [1.29, 1.82) is 0 Å². The highest BCUT2D eigenvalue weighted by molar-refractivity contribution is 7.86. The van der Waals surface area contributed by atoms with Crippen molar-refractivity contribution < 1.29 is 22.6 Å². The summed E-state index contributed by atoms with van der Waals surface area (Å²) in [7, 11) is -4.76. The molecule has 7 nitrogen and oxygen atoms in total. The first-order valence-electron chi connectivity index (χ1n) is 8.75. The molecule has 30 heavy (non-hydrogen) atoms. The van der Waals surface area contributed by atoms with Crippen molar-refractivity contribution in [2.45, 2.75) is 11.8 Å². The molecule has 0 saturated heterocycles. The Hall–Kier alpha value is -3.20. The van der Waals surface area contributed by atoms with Crippen LogP contribution in [0.3, 0.4) is 0 Å². The number of carbonyl (C=O) groups is 2. The topological polar surface area (TPSA) is 127 Å². The molecule has 0 amide bonds. The lowest BCUT2D eigenvalue weighted by Gasteiger charge is -2.23. The molecule has 3 aromatic rings. The van der Waals surface area contributed by atoms with Gasteiger partial charge in [-0.25, -0.2) is 0 Å². The van der Waals surface area contributed by atoms with Gasteiger partial charge in [0.1, 0.15) is 4.90 Å². The molecule has 4 N–H and O–H groups in total. The van der Waals surface area contributed by atoms with Crippen LogP contribution in [0, 0.1) is 6.92 Å². The number of halogens is 1. The maximum atomic E-state index is 13.2. The first kappa shape index (κ1) is 20.1. The molecule has 152 valence electrons. The number of fused-ring (bicyclic) bond motifs is 2. The van der Waals surface area contributed by atoms with Crippen molar-refractivity contribution >= 4 is 50.3 Å². The summed E-state index contributed by atoms with van der Waals surface area (Å²) < 4.78 is 33.5. The molecule has 1 aliphatic rings. The number of aryl methyl sites for hydroxylation is 1. The van der Waals surface area contributed by atoms with Crippen molar-refractivity contribution in [3.63, 3.8) is 0 Å². The molecule has 0 radical (unpaired) electrons. The third-order valence-corrected chi connectivity index (χ3v) is 6.23. The number of rotatable bonds is 3. The van der Waals surface area contributed by atoms with Crippen molar-refractivity contribution in [3.05, 3.63) is 81.4 Å². The quantitative estimate of drug-likeness (QED) is 0.323. The molecular weight excluding hydrogens is 428 g/mol. The highest BCUT2D eigenvalue weighted by Gasteiger charge is 2.36. The molecule has 0 bridgehead atoms. The van der Waals surface area contributed by atoms with Crippen molar-refractivity contribution in [2.24, 2.45) is 0 Å². The smallest absolute Gasteiger partial charge is 0.296 e. The Balaban J connectivity index is 2.02. The van der Waals surface area contributed by atoms with Crippen molar-refractivity contribution in [3.8, 4) is 0 Å². The normalized spacial score (nSPS) is 13.0. The lowest BCUT2D eigenvalue weighted by molar-refractivity contribution is 0.0980. The van der Waals surface area contributed by atoms with Crippen molar-refractivity contribution in [2.75, 3.05) is 11.1 Å². The minimum atomic E-state index is -4.76. The van der Waals surface area contributed by atoms with E-state index in [4.69, 9.17) is 17.3 Å². The number of hydrogen-bond donors (Lipinski definition) is 3. The Labute approximate surface area is 177 Å². The highest BCUT2D eigenvalue weighted by atomic mass is 35.5. The number of ketones is 2. The second-order valence-electron chi connectivity index (χ2n) is 6.85. The first-order chi connectivity index (χ1) is 14.1. The highest BCUT2D eigenvalue weighted by Crippen LogP contribution is 2.40. The number of nitrogen functional groups attached to an aromatic ring is 1. The number of nitrogens with two attached hydrogens (primary N) is 1. The van der Waals surface area contributed by atoms with E-state index in [9.17, 15) is 22.6 Å². The molecule has 0 aromatic heterocycles. The molecule has 9 heteroatoms. The van der Waals surface area contributed by atoms with E-state index in [1.165, 1.54) is 12.1 Å². The van der Waals surface area contributed by atoms with E-state index in [0.29, 0.717) is 10.7 Å². The van der Waals surface area contributed by atoms with Crippen LogP contribution in [-0.4, -0.2) is 24.5 Å². The van der Waals surface area contributed by atoms with Crippen LogP contribution in [0.25, 0.3) is 0 Å². The van der Waals surface area contributed by atoms with E-state index in [0.717, 1.165) is 11.6 Å². The predicted octanol–water partition coefficient (Wildman–Crippen LogP) is 4.00. The minimum Gasteiger partial charge on any atom is -0.397 e. The van der Waals surface area contributed by atoms with Crippen LogP contribution in [0.5, 0.6) is 0 Å². The van der Waals surface area contributed by atoms with E-state index in [-0.39, 0.29) is 27.9 Å². The fourth-order valence-corrected chi connectivity index (χ4v) is 4.25. The monoisotopic (exact) mass is 442 g/mol. The Morgan fingerprint density at radius 1 is 0.967 bits per heavy atom. The second kappa shape index (κ2) is 6.94. The van der Waals surface area contributed by atoms with Gasteiger partial charge in [-0.2, -0.15) is 8.42 Å². The van der Waals surface area contributed by atoms with Gasteiger partial charge in [-0.05, 0) is 36.8 Å². The fraction of sp³-hybridized carbons (Fsp3) is 0.0476. The van der Waals surface area contributed by atoms with Gasteiger partial charge < -0.3 is 11.1 Å². The predicted molar refractivity (Wildman–Crippen MR) is 113 cm³/mol. The van der Waals surface area contributed by atoms with E-state index in [1.54, 1.807) is 37.3 Å². The van der Waals surface area contributed by atoms with Crippen LogP contribution in [-0.2, 0) is 10.1 Å². The molecule has 3 aromatic carbocycles. The Kier molecular flexibility index (Phi) is 4.65. The lowest BCUT2D eigenvalue weighted by Crippen LogP contribution is -2.25. The van der Waals surface area contributed by atoms with E-state index < -0.39 is 32.3 Å². The SMILES string of the molecule is Cc1cc(Nc2cc(S(=O)(=O)O)c(N)c3c2C(=O)c2ccccc2C3=O)ccc1Cl. The summed E-state index contributed by atoms with van der Waals surface area (Å²) in [4.78, 5) is 25.7. The molecule has 4 rings (SSSR count). The fourth-order valence-electron chi connectivity index (χ4n) is 3.48. The summed E-state index contributed by atoms with van der Waals surface area (Å²) in [5, 5.41) is 3.49. The van der Waals surface area contributed by atoms with Gasteiger partial charge in [-0.15, -0.1) is 0 Å². The third-order valence-electron chi connectivity index (χ3n) is 4.91. The largest absolute Gasteiger partial charge is 0.397 e. The Morgan fingerprint density at radius 2 is 1.57 bits per heavy atom. The summed E-state index contributed by atoms with van der Waals surface area (Å²) in [6.07, 6.45) is 0. The molecule has 0 heterocycles. The van der Waals surface area contributed by atoms with Crippen LogP contribution in [0.15, 0.2) is 53.4 Å². The van der Waals surface area contributed by atoms with E-state index in [2.05, 4.69) is 5.32 Å². The average Bonchev–Trinajstić information content (AvgIpc) is 2.69. The van der Waals surface area contributed by atoms with Crippen LogP contribution in [0.4, 0.5) is 17.1 Å². The summed E-state index contributed by atoms with van der Waals surface area (Å²) in [5.74, 6) is -1.08. The zero-order valence-electron chi connectivity index (χ0n) is 15.6. The zero-order chi connectivity index (χ0) is 21.8. The summed E-state index contributed by atoms with van der Waals surface area (Å²) in [5.41, 5.74) is 6.73. The van der Waals surface area contributed by atoms with Crippen molar-refractivity contribution in [1.82, 2.24) is 0 Å². The van der Waals surface area contributed by atoms with Crippen LogP contribution >= 0.6 is 11.6 Å². The number of hydrogen-bond acceptors (Lipinski definition) is 6. The maximum absolute atomic E-state index is 13.2. The standard InChI is InChI=1S/C21H15ClN2O5S/c1-10-8-11(6-7-14(10)22)24-15-9-16(30(27,28)29)19(23)18-17(15)20(25)12-4-2-3-5-13(12)21(18)26/h2-9,24H,23H2,1H3,(H,27,28,29). The molecule has 1 aliphatic carbocycles. The summed E-state index contributed by atoms with van der Waals surface area (Å²) >= 11 is 6.05. The second-order valence-corrected chi connectivity index (χ2v) is 8.65. The number of anilines is 3. The van der Waals surface area contributed by atoms with Gasteiger partial charge in [0.05, 0.1) is 22.5 Å². The lowest BCUT2D eigenvalue weighted by atomic mass is 9.82. The summed E-state index contributed by atoms with van der Waals surface area (Å²) in [6, 6.07) is 12.2. The molecule has 0 unspecified atom stereocenters.